The zero-order valence-electron chi connectivity index (χ0n) is 12.1. The van der Waals surface area contributed by atoms with Gasteiger partial charge in [0.15, 0.2) is 0 Å². The molecular weight excluding hydrogens is 302 g/mol. The number of nitrogens with zero attached hydrogens (tertiary/aromatic N) is 1. The molecule has 19 heavy (non-hydrogen) atoms. The van der Waals surface area contributed by atoms with E-state index < -0.39 is 0 Å². The van der Waals surface area contributed by atoms with Gasteiger partial charge >= 0.3 is 0 Å². The highest BCUT2D eigenvalue weighted by molar-refractivity contribution is 9.10. The predicted molar refractivity (Wildman–Crippen MR) is 83.4 cm³/mol. The lowest BCUT2D eigenvalue weighted by atomic mass is 9.86. The molecule has 2 nitrogen and oxygen atoms in total. The lowest BCUT2D eigenvalue weighted by Crippen LogP contribution is -2.34. The second kappa shape index (κ2) is 6.27. The van der Waals surface area contributed by atoms with Crippen molar-refractivity contribution in [2.24, 2.45) is 5.92 Å². The molecule has 0 spiro atoms. The molecule has 1 N–H and O–H groups in total. The Kier molecular flexibility index (Phi) is 4.91. The number of phenolic OH excluding ortho intramolecular Hbond substituents is 1. The van der Waals surface area contributed by atoms with Crippen molar-refractivity contribution in [3.05, 3.63) is 27.7 Å². The van der Waals surface area contributed by atoms with Gasteiger partial charge in [-0.15, -0.1) is 0 Å². The molecule has 1 aliphatic carbocycles. The van der Waals surface area contributed by atoms with Gasteiger partial charge in [0, 0.05) is 22.6 Å². The molecule has 3 heteroatoms. The monoisotopic (exact) mass is 325 g/mol. The first-order chi connectivity index (χ1) is 8.97. The average Bonchev–Trinajstić information content (AvgIpc) is 2.36. The van der Waals surface area contributed by atoms with Crippen LogP contribution in [0.4, 0.5) is 0 Å². The van der Waals surface area contributed by atoms with E-state index in [4.69, 9.17) is 0 Å². The van der Waals surface area contributed by atoms with Crippen LogP contribution in [-0.4, -0.2) is 23.1 Å². The Morgan fingerprint density at radius 3 is 2.53 bits per heavy atom. The number of halogens is 1. The lowest BCUT2D eigenvalue weighted by Gasteiger charge is -2.33. The van der Waals surface area contributed by atoms with Crippen molar-refractivity contribution >= 4 is 15.9 Å². The van der Waals surface area contributed by atoms with E-state index in [0.717, 1.165) is 28.1 Å². The minimum Gasteiger partial charge on any atom is -0.507 e. The fourth-order valence-electron chi connectivity index (χ4n) is 3.01. The zero-order chi connectivity index (χ0) is 14.0. The van der Waals surface area contributed by atoms with Crippen LogP contribution in [0.2, 0.25) is 0 Å². The number of aromatic hydroxyl groups is 1. The van der Waals surface area contributed by atoms with Gasteiger partial charge in [0.2, 0.25) is 0 Å². The van der Waals surface area contributed by atoms with Gasteiger partial charge in [-0.3, -0.25) is 4.90 Å². The Hall–Kier alpha value is -0.540. The molecule has 0 bridgehead atoms. The summed E-state index contributed by atoms with van der Waals surface area (Å²) in [5.74, 6) is 1.32. The highest BCUT2D eigenvalue weighted by Crippen LogP contribution is 2.31. The van der Waals surface area contributed by atoms with Crippen molar-refractivity contribution in [2.45, 2.75) is 52.1 Å². The fourth-order valence-corrected chi connectivity index (χ4v) is 3.63. The molecular formula is C16H24BrNO. The van der Waals surface area contributed by atoms with E-state index in [1.165, 1.54) is 25.7 Å². The van der Waals surface area contributed by atoms with Crippen LogP contribution in [0.1, 0.15) is 43.7 Å². The maximum atomic E-state index is 10.2. The van der Waals surface area contributed by atoms with Crippen LogP contribution in [-0.2, 0) is 6.54 Å². The van der Waals surface area contributed by atoms with Crippen LogP contribution < -0.4 is 0 Å². The summed E-state index contributed by atoms with van der Waals surface area (Å²) in [5.41, 5.74) is 1.96. The van der Waals surface area contributed by atoms with Crippen LogP contribution >= 0.6 is 15.9 Å². The minimum atomic E-state index is 0.444. The van der Waals surface area contributed by atoms with E-state index in [1.54, 1.807) is 0 Å². The third-order valence-electron chi connectivity index (χ3n) is 4.37. The summed E-state index contributed by atoms with van der Waals surface area (Å²) in [6, 6.07) is 4.65. The molecule has 106 valence electrons. The van der Waals surface area contributed by atoms with Gasteiger partial charge in [-0.25, -0.2) is 0 Å². The summed E-state index contributed by atoms with van der Waals surface area (Å²) in [5, 5.41) is 10.2. The number of hydrogen-bond donors (Lipinski definition) is 1. The Morgan fingerprint density at radius 2 is 1.89 bits per heavy atom. The van der Waals surface area contributed by atoms with Crippen LogP contribution in [0.25, 0.3) is 0 Å². The first-order valence-electron chi connectivity index (χ1n) is 7.15. The first-order valence-corrected chi connectivity index (χ1v) is 7.95. The lowest BCUT2D eigenvalue weighted by molar-refractivity contribution is 0.162. The normalized spacial score (nSPS) is 23.8. The Bertz CT molecular complexity index is 439. The number of benzene rings is 1. The summed E-state index contributed by atoms with van der Waals surface area (Å²) < 4.78 is 1.04. The van der Waals surface area contributed by atoms with Gasteiger partial charge in [-0.05, 0) is 63.3 Å². The summed E-state index contributed by atoms with van der Waals surface area (Å²) in [7, 11) is 2.18. The highest BCUT2D eigenvalue weighted by Gasteiger charge is 2.22. The molecule has 0 saturated heterocycles. The second-order valence-electron chi connectivity index (χ2n) is 6.06. The number of hydrogen-bond acceptors (Lipinski definition) is 2. The standard InChI is InChI=1S/C16H24BrNO/c1-11-4-6-15(7-5-11)18(3)10-13-9-14(17)8-12(2)16(13)19/h8-9,11,15,19H,4-7,10H2,1-3H3. The molecule has 1 fully saturated rings. The molecule has 0 amide bonds. The topological polar surface area (TPSA) is 23.5 Å². The van der Waals surface area contributed by atoms with E-state index >= 15 is 0 Å². The summed E-state index contributed by atoms with van der Waals surface area (Å²) in [4.78, 5) is 2.40. The van der Waals surface area contributed by atoms with Crippen molar-refractivity contribution in [3.63, 3.8) is 0 Å². The summed E-state index contributed by atoms with van der Waals surface area (Å²) in [6.45, 7) is 5.12. The second-order valence-corrected chi connectivity index (χ2v) is 6.97. The van der Waals surface area contributed by atoms with E-state index in [-0.39, 0.29) is 0 Å². The molecule has 1 aliphatic rings. The maximum Gasteiger partial charge on any atom is 0.123 e. The molecule has 0 heterocycles. The molecule has 1 aromatic rings. The van der Waals surface area contributed by atoms with Crippen molar-refractivity contribution in [3.8, 4) is 5.75 Å². The van der Waals surface area contributed by atoms with Gasteiger partial charge in [-0.2, -0.15) is 0 Å². The smallest absolute Gasteiger partial charge is 0.123 e. The molecule has 1 saturated carbocycles. The van der Waals surface area contributed by atoms with Crippen molar-refractivity contribution in [1.29, 1.82) is 0 Å². The highest BCUT2D eigenvalue weighted by atomic mass is 79.9. The molecule has 1 aromatic carbocycles. The molecule has 2 rings (SSSR count). The van der Waals surface area contributed by atoms with Gasteiger partial charge in [-0.1, -0.05) is 22.9 Å². The number of phenols is 1. The van der Waals surface area contributed by atoms with E-state index in [2.05, 4.69) is 34.8 Å². The largest absolute Gasteiger partial charge is 0.507 e. The Balaban J connectivity index is 2.04. The molecule has 0 aromatic heterocycles. The van der Waals surface area contributed by atoms with Crippen LogP contribution in [0.3, 0.4) is 0 Å². The first kappa shape index (κ1) is 14.9. The van der Waals surface area contributed by atoms with Gasteiger partial charge < -0.3 is 5.11 Å². The number of aryl methyl sites for hydroxylation is 1. The predicted octanol–water partition coefficient (Wildman–Crippen LogP) is 4.47. The molecule has 0 radical (unpaired) electrons. The third-order valence-corrected chi connectivity index (χ3v) is 4.83. The minimum absolute atomic E-state index is 0.444. The van der Waals surface area contributed by atoms with Crippen molar-refractivity contribution < 1.29 is 5.11 Å². The van der Waals surface area contributed by atoms with E-state index in [9.17, 15) is 5.11 Å². The van der Waals surface area contributed by atoms with Gasteiger partial charge in [0.25, 0.3) is 0 Å². The van der Waals surface area contributed by atoms with Crippen LogP contribution in [0, 0.1) is 12.8 Å². The summed E-state index contributed by atoms with van der Waals surface area (Å²) in [6.07, 6.45) is 5.23. The SMILES string of the molecule is Cc1cc(Br)cc(CN(C)C2CCC(C)CC2)c1O. The van der Waals surface area contributed by atoms with Crippen LogP contribution in [0.5, 0.6) is 5.75 Å². The maximum absolute atomic E-state index is 10.2. The molecule has 0 atom stereocenters. The van der Waals surface area contributed by atoms with Crippen molar-refractivity contribution in [2.75, 3.05) is 7.05 Å². The zero-order valence-corrected chi connectivity index (χ0v) is 13.7. The van der Waals surface area contributed by atoms with E-state index in [0.29, 0.717) is 11.8 Å². The molecule has 0 unspecified atom stereocenters. The molecule has 0 aliphatic heterocycles. The summed E-state index contributed by atoms with van der Waals surface area (Å²) >= 11 is 3.51. The third kappa shape index (κ3) is 3.73. The average molecular weight is 326 g/mol. The van der Waals surface area contributed by atoms with Crippen molar-refractivity contribution in [1.82, 2.24) is 4.90 Å². The Morgan fingerprint density at radius 1 is 1.26 bits per heavy atom. The number of rotatable bonds is 3. The van der Waals surface area contributed by atoms with Gasteiger partial charge in [0.1, 0.15) is 5.75 Å². The Labute approximate surface area is 124 Å². The van der Waals surface area contributed by atoms with E-state index in [1.807, 2.05) is 19.1 Å². The van der Waals surface area contributed by atoms with Crippen LogP contribution in [0.15, 0.2) is 16.6 Å². The van der Waals surface area contributed by atoms with Gasteiger partial charge in [0.05, 0.1) is 0 Å². The quantitative estimate of drug-likeness (QED) is 0.886. The fraction of sp³-hybridized carbons (Fsp3) is 0.625.